The SMILES string of the molecule is CN(Cc1nccn1Cc1ccccc1)c1ccc(C#N)cc1C(F)(F)F. The Morgan fingerprint density at radius 2 is 1.89 bits per heavy atom. The molecule has 3 rings (SSSR count). The Labute approximate surface area is 155 Å². The Bertz CT molecular complexity index is 955. The molecule has 4 nitrogen and oxygen atoms in total. The van der Waals surface area contributed by atoms with E-state index in [1.807, 2.05) is 34.9 Å². The lowest BCUT2D eigenvalue weighted by molar-refractivity contribution is -0.137. The average molecular weight is 370 g/mol. The molecule has 0 saturated heterocycles. The van der Waals surface area contributed by atoms with Gasteiger partial charge < -0.3 is 9.47 Å². The van der Waals surface area contributed by atoms with E-state index in [2.05, 4.69) is 4.98 Å². The monoisotopic (exact) mass is 370 g/mol. The van der Waals surface area contributed by atoms with Crippen LogP contribution in [0.25, 0.3) is 0 Å². The summed E-state index contributed by atoms with van der Waals surface area (Å²) in [6.07, 6.45) is -1.11. The van der Waals surface area contributed by atoms with Gasteiger partial charge in [-0.3, -0.25) is 0 Å². The van der Waals surface area contributed by atoms with Gasteiger partial charge in [0.05, 0.1) is 23.7 Å². The second kappa shape index (κ2) is 7.54. The maximum Gasteiger partial charge on any atom is 0.418 e. The van der Waals surface area contributed by atoms with E-state index in [9.17, 15) is 13.2 Å². The van der Waals surface area contributed by atoms with Crippen LogP contribution < -0.4 is 4.90 Å². The number of hydrogen-bond acceptors (Lipinski definition) is 3. The van der Waals surface area contributed by atoms with Crippen molar-refractivity contribution in [1.29, 1.82) is 5.26 Å². The van der Waals surface area contributed by atoms with E-state index < -0.39 is 11.7 Å². The molecule has 0 spiro atoms. The zero-order valence-corrected chi connectivity index (χ0v) is 14.6. The third kappa shape index (κ3) is 4.29. The van der Waals surface area contributed by atoms with Crippen LogP contribution in [0.1, 0.15) is 22.5 Å². The maximum absolute atomic E-state index is 13.4. The summed E-state index contributed by atoms with van der Waals surface area (Å²) in [6, 6.07) is 15.1. The highest BCUT2D eigenvalue weighted by molar-refractivity contribution is 5.57. The molecule has 0 amide bonds. The zero-order valence-electron chi connectivity index (χ0n) is 14.6. The van der Waals surface area contributed by atoms with Crippen molar-refractivity contribution < 1.29 is 13.2 Å². The smallest absolute Gasteiger partial charge is 0.367 e. The average Bonchev–Trinajstić information content (AvgIpc) is 3.08. The van der Waals surface area contributed by atoms with E-state index >= 15 is 0 Å². The third-order valence-electron chi connectivity index (χ3n) is 4.22. The quantitative estimate of drug-likeness (QED) is 0.666. The summed E-state index contributed by atoms with van der Waals surface area (Å²) in [5, 5.41) is 8.90. The van der Waals surface area contributed by atoms with Crippen LogP contribution in [-0.2, 0) is 19.3 Å². The largest absolute Gasteiger partial charge is 0.418 e. The number of imidazole rings is 1. The van der Waals surface area contributed by atoms with Gasteiger partial charge in [0.1, 0.15) is 5.82 Å². The molecular formula is C20H17F3N4. The molecule has 7 heteroatoms. The van der Waals surface area contributed by atoms with Crippen molar-refractivity contribution in [3.05, 3.63) is 83.4 Å². The molecule has 1 heterocycles. The standard InChI is InChI=1S/C20H17F3N4/c1-26(18-8-7-16(12-24)11-17(18)20(21,22)23)14-19-25-9-10-27(19)13-15-5-3-2-4-6-15/h2-11H,13-14H2,1H3. The van der Waals surface area contributed by atoms with Crippen molar-refractivity contribution in [1.82, 2.24) is 9.55 Å². The zero-order chi connectivity index (χ0) is 19.4. The summed E-state index contributed by atoms with van der Waals surface area (Å²) >= 11 is 0. The first-order valence-electron chi connectivity index (χ1n) is 8.25. The molecule has 0 N–H and O–H groups in total. The van der Waals surface area contributed by atoms with Crippen LogP contribution in [-0.4, -0.2) is 16.6 Å². The molecule has 0 saturated carbocycles. The normalized spacial score (nSPS) is 11.2. The molecule has 0 aliphatic heterocycles. The summed E-state index contributed by atoms with van der Waals surface area (Å²) in [4.78, 5) is 5.78. The van der Waals surface area contributed by atoms with Crippen LogP contribution in [0, 0.1) is 11.3 Å². The summed E-state index contributed by atoms with van der Waals surface area (Å²) in [5.41, 5.74) is 0.236. The van der Waals surface area contributed by atoms with Gasteiger partial charge in [-0.2, -0.15) is 18.4 Å². The minimum Gasteiger partial charge on any atom is -0.367 e. The molecule has 0 fully saturated rings. The van der Waals surface area contributed by atoms with E-state index in [4.69, 9.17) is 5.26 Å². The molecule has 0 radical (unpaired) electrons. The first kappa shape index (κ1) is 18.5. The number of halogens is 3. The molecule has 138 valence electrons. The summed E-state index contributed by atoms with van der Waals surface area (Å²) in [5.74, 6) is 0.652. The predicted octanol–water partition coefficient (Wildman–Crippen LogP) is 4.46. The number of benzene rings is 2. The molecule has 0 aliphatic carbocycles. The lowest BCUT2D eigenvalue weighted by Gasteiger charge is -2.24. The summed E-state index contributed by atoms with van der Waals surface area (Å²) in [7, 11) is 1.58. The third-order valence-corrected chi connectivity index (χ3v) is 4.22. The van der Waals surface area contributed by atoms with Gasteiger partial charge in [0, 0.05) is 31.7 Å². The highest BCUT2D eigenvalue weighted by Gasteiger charge is 2.35. The van der Waals surface area contributed by atoms with E-state index in [0.717, 1.165) is 11.6 Å². The summed E-state index contributed by atoms with van der Waals surface area (Å²) in [6.45, 7) is 0.790. The first-order chi connectivity index (χ1) is 12.9. The van der Waals surface area contributed by atoms with Crippen molar-refractivity contribution in [2.24, 2.45) is 0 Å². The topological polar surface area (TPSA) is 44.9 Å². The van der Waals surface area contributed by atoms with Gasteiger partial charge in [0.15, 0.2) is 0 Å². The molecule has 0 atom stereocenters. The number of alkyl halides is 3. The van der Waals surface area contributed by atoms with Crippen molar-refractivity contribution in [3.8, 4) is 6.07 Å². The van der Waals surface area contributed by atoms with Gasteiger partial charge in [0.25, 0.3) is 0 Å². The lowest BCUT2D eigenvalue weighted by atomic mass is 10.1. The van der Waals surface area contributed by atoms with Crippen molar-refractivity contribution >= 4 is 5.69 Å². The lowest BCUT2D eigenvalue weighted by Crippen LogP contribution is -2.23. The second-order valence-corrected chi connectivity index (χ2v) is 6.15. The van der Waals surface area contributed by atoms with Gasteiger partial charge in [0.2, 0.25) is 0 Å². The Morgan fingerprint density at radius 1 is 1.15 bits per heavy atom. The molecule has 0 aliphatic rings. The molecule has 3 aromatic rings. The van der Waals surface area contributed by atoms with Gasteiger partial charge in [-0.1, -0.05) is 30.3 Å². The van der Waals surface area contributed by atoms with E-state index in [-0.39, 0.29) is 17.8 Å². The Kier molecular flexibility index (Phi) is 5.17. The van der Waals surface area contributed by atoms with Crippen LogP contribution in [0.2, 0.25) is 0 Å². The Hall–Kier alpha value is -3.27. The van der Waals surface area contributed by atoms with Gasteiger partial charge >= 0.3 is 6.18 Å². The number of nitriles is 1. The molecule has 2 aromatic carbocycles. The van der Waals surface area contributed by atoms with Crippen LogP contribution in [0.3, 0.4) is 0 Å². The van der Waals surface area contributed by atoms with Gasteiger partial charge in [-0.05, 0) is 23.8 Å². The number of anilines is 1. The van der Waals surface area contributed by atoms with Gasteiger partial charge in [-0.25, -0.2) is 4.98 Å². The van der Waals surface area contributed by atoms with Crippen molar-refractivity contribution in [3.63, 3.8) is 0 Å². The number of rotatable bonds is 5. The van der Waals surface area contributed by atoms with E-state index in [1.54, 1.807) is 25.5 Å². The molecule has 27 heavy (non-hydrogen) atoms. The van der Waals surface area contributed by atoms with E-state index in [0.29, 0.717) is 12.4 Å². The van der Waals surface area contributed by atoms with Gasteiger partial charge in [-0.15, -0.1) is 0 Å². The fourth-order valence-corrected chi connectivity index (χ4v) is 2.88. The summed E-state index contributed by atoms with van der Waals surface area (Å²) < 4.78 is 42.1. The molecule has 0 unspecified atom stereocenters. The first-order valence-corrected chi connectivity index (χ1v) is 8.25. The maximum atomic E-state index is 13.4. The Balaban J connectivity index is 1.86. The predicted molar refractivity (Wildman–Crippen MR) is 96.0 cm³/mol. The van der Waals surface area contributed by atoms with Crippen LogP contribution in [0.4, 0.5) is 18.9 Å². The fourth-order valence-electron chi connectivity index (χ4n) is 2.88. The number of nitrogens with zero attached hydrogens (tertiary/aromatic N) is 4. The molecule has 1 aromatic heterocycles. The van der Waals surface area contributed by atoms with E-state index in [1.165, 1.54) is 17.0 Å². The highest BCUT2D eigenvalue weighted by Crippen LogP contribution is 2.37. The van der Waals surface area contributed by atoms with Crippen LogP contribution >= 0.6 is 0 Å². The molecular weight excluding hydrogens is 353 g/mol. The minimum atomic E-state index is -4.55. The molecule has 0 bridgehead atoms. The van der Waals surface area contributed by atoms with Crippen LogP contribution in [0.5, 0.6) is 0 Å². The van der Waals surface area contributed by atoms with Crippen LogP contribution in [0.15, 0.2) is 60.9 Å². The Morgan fingerprint density at radius 3 is 2.56 bits per heavy atom. The highest BCUT2D eigenvalue weighted by atomic mass is 19.4. The van der Waals surface area contributed by atoms with Crippen molar-refractivity contribution in [2.75, 3.05) is 11.9 Å². The number of hydrogen-bond donors (Lipinski definition) is 0. The minimum absolute atomic E-state index is 0.00996. The van der Waals surface area contributed by atoms with Crippen molar-refractivity contribution in [2.45, 2.75) is 19.3 Å². The fraction of sp³-hybridized carbons (Fsp3) is 0.200. The number of aromatic nitrogens is 2. The second-order valence-electron chi connectivity index (χ2n) is 6.15.